The second-order valence-corrected chi connectivity index (χ2v) is 3.74. The smallest absolute Gasteiger partial charge is 0.272 e. The van der Waals surface area contributed by atoms with Crippen molar-refractivity contribution < 1.29 is 13.5 Å². The number of alkyl halides is 2. The normalized spacial score (nSPS) is 12.9. The molecule has 1 atom stereocenters. The molecule has 1 aromatic carbocycles. The monoisotopic (exact) mass is 229 g/mol. The van der Waals surface area contributed by atoms with E-state index in [4.69, 9.17) is 4.74 Å². The van der Waals surface area contributed by atoms with E-state index in [0.717, 1.165) is 11.1 Å². The average molecular weight is 229 g/mol. The molecule has 0 fully saturated rings. The number of benzene rings is 1. The number of nitrogens with one attached hydrogen (secondary N) is 1. The first-order valence-electron chi connectivity index (χ1n) is 5.23. The molecule has 0 aliphatic heterocycles. The van der Waals surface area contributed by atoms with Crippen LogP contribution in [0.5, 0.6) is 5.75 Å². The quantitative estimate of drug-likeness (QED) is 0.838. The molecule has 0 heterocycles. The van der Waals surface area contributed by atoms with Gasteiger partial charge in [0, 0.05) is 6.04 Å². The standard InChI is InChI=1S/C12H17F2NO/c1-8-6-10(9(2)15-3)4-5-11(8)16-7-12(13)14/h4-6,9,12,15H,7H2,1-3H3. The molecule has 0 aromatic heterocycles. The summed E-state index contributed by atoms with van der Waals surface area (Å²) in [5, 5.41) is 3.12. The second-order valence-electron chi connectivity index (χ2n) is 3.74. The minimum absolute atomic E-state index is 0.239. The zero-order valence-electron chi connectivity index (χ0n) is 9.76. The maximum absolute atomic E-state index is 12.0. The summed E-state index contributed by atoms with van der Waals surface area (Å²) in [6, 6.07) is 5.81. The molecule has 0 saturated heterocycles. The lowest BCUT2D eigenvalue weighted by atomic mass is 10.1. The van der Waals surface area contributed by atoms with Gasteiger partial charge in [-0.3, -0.25) is 0 Å². The predicted octanol–water partition coefficient (Wildman–Crippen LogP) is 2.92. The number of hydrogen-bond acceptors (Lipinski definition) is 2. The first-order valence-corrected chi connectivity index (χ1v) is 5.23. The number of halogens is 2. The van der Waals surface area contributed by atoms with Gasteiger partial charge in [-0.1, -0.05) is 12.1 Å². The molecule has 0 aliphatic rings. The van der Waals surface area contributed by atoms with E-state index in [2.05, 4.69) is 5.32 Å². The van der Waals surface area contributed by atoms with E-state index >= 15 is 0 Å². The number of aryl methyl sites for hydroxylation is 1. The summed E-state index contributed by atoms with van der Waals surface area (Å²) < 4.78 is 29.0. The van der Waals surface area contributed by atoms with Crippen LogP contribution in [-0.4, -0.2) is 20.1 Å². The highest BCUT2D eigenvalue weighted by atomic mass is 19.3. The van der Waals surface area contributed by atoms with Crippen molar-refractivity contribution in [1.29, 1.82) is 0 Å². The second kappa shape index (κ2) is 5.80. The highest BCUT2D eigenvalue weighted by Crippen LogP contribution is 2.22. The summed E-state index contributed by atoms with van der Waals surface area (Å²) in [6.07, 6.45) is -2.43. The van der Waals surface area contributed by atoms with Crippen LogP contribution < -0.4 is 10.1 Å². The van der Waals surface area contributed by atoms with Crippen molar-refractivity contribution in [2.45, 2.75) is 26.3 Å². The summed E-state index contributed by atoms with van der Waals surface area (Å²) >= 11 is 0. The van der Waals surface area contributed by atoms with Crippen molar-refractivity contribution in [3.05, 3.63) is 29.3 Å². The lowest BCUT2D eigenvalue weighted by molar-refractivity contribution is 0.0815. The summed E-state index contributed by atoms with van der Waals surface area (Å²) in [5.41, 5.74) is 1.99. The van der Waals surface area contributed by atoms with Gasteiger partial charge in [-0.15, -0.1) is 0 Å². The lowest BCUT2D eigenvalue weighted by Crippen LogP contribution is -2.13. The van der Waals surface area contributed by atoms with Crippen LogP contribution in [0.25, 0.3) is 0 Å². The van der Waals surface area contributed by atoms with Gasteiger partial charge in [0.25, 0.3) is 6.43 Å². The van der Waals surface area contributed by atoms with Crippen LogP contribution >= 0.6 is 0 Å². The Labute approximate surface area is 94.6 Å². The average Bonchev–Trinajstić information content (AvgIpc) is 2.26. The molecule has 1 N–H and O–H groups in total. The molecular formula is C12H17F2NO. The van der Waals surface area contributed by atoms with Crippen LogP contribution in [0.1, 0.15) is 24.1 Å². The maximum atomic E-state index is 12.0. The van der Waals surface area contributed by atoms with Crippen molar-refractivity contribution in [3.63, 3.8) is 0 Å². The zero-order chi connectivity index (χ0) is 12.1. The minimum atomic E-state index is -2.43. The summed E-state index contributed by atoms with van der Waals surface area (Å²) in [5.74, 6) is 0.521. The Balaban J connectivity index is 2.75. The van der Waals surface area contributed by atoms with E-state index in [-0.39, 0.29) is 6.04 Å². The topological polar surface area (TPSA) is 21.3 Å². The van der Waals surface area contributed by atoms with Gasteiger partial charge in [0.2, 0.25) is 0 Å². The summed E-state index contributed by atoms with van der Waals surface area (Å²) in [6.45, 7) is 3.34. The van der Waals surface area contributed by atoms with Gasteiger partial charge < -0.3 is 10.1 Å². The molecule has 1 unspecified atom stereocenters. The van der Waals surface area contributed by atoms with Gasteiger partial charge in [-0.25, -0.2) is 8.78 Å². The number of ether oxygens (including phenoxy) is 1. The molecule has 0 saturated carbocycles. The Morgan fingerprint density at radius 2 is 2.06 bits per heavy atom. The first kappa shape index (κ1) is 12.9. The third-order valence-corrected chi connectivity index (χ3v) is 2.50. The fourth-order valence-corrected chi connectivity index (χ4v) is 1.42. The third-order valence-electron chi connectivity index (χ3n) is 2.50. The van der Waals surface area contributed by atoms with Crippen LogP contribution in [-0.2, 0) is 0 Å². The van der Waals surface area contributed by atoms with Crippen LogP contribution in [0.15, 0.2) is 18.2 Å². The Bertz CT molecular complexity index is 342. The van der Waals surface area contributed by atoms with Crippen molar-refractivity contribution in [2.75, 3.05) is 13.7 Å². The lowest BCUT2D eigenvalue weighted by Gasteiger charge is -2.14. The highest BCUT2D eigenvalue weighted by Gasteiger charge is 2.08. The predicted molar refractivity (Wildman–Crippen MR) is 60.2 cm³/mol. The molecule has 4 heteroatoms. The maximum Gasteiger partial charge on any atom is 0.272 e. The van der Waals surface area contributed by atoms with Crippen LogP contribution in [0, 0.1) is 6.92 Å². The van der Waals surface area contributed by atoms with Crippen molar-refractivity contribution in [3.8, 4) is 5.75 Å². The third kappa shape index (κ3) is 3.45. The molecule has 16 heavy (non-hydrogen) atoms. The largest absolute Gasteiger partial charge is 0.487 e. The van der Waals surface area contributed by atoms with Crippen LogP contribution in [0.3, 0.4) is 0 Å². The summed E-state index contributed by atoms with van der Waals surface area (Å²) in [4.78, 5) is 0. The van der Waals surface area contributed by atoms with Gasteiger partial charge in [0.15, 0.2) is 0 Å². The minimum Gasteiger partial charge on any atom is -0.487 e. The van der Waals surface area contributed by atoms with E-state index in [0.29, 0.717) is 5.75 Å². The van der Waals surface area contributed by atoms with E-state index in [1.54, 1.807) is 6.07 Å². The van der Waals surface area contributed by atoms with Crippen LogP contribution in [0.2, 0.25) is 0 Å². The fourth-order valence-electron chi connectivity index (χ4n) is 1.42. The molecule has 0 spiro atoms. The molecule has 0 amide bonds. The molecule has 0 bridgehead atoms. The SMILES string of the molecule is CNC(C)c1ccc(OCC(F)F)c(C)c1. The molecule has 1 aromatic rings. The van der Waals surface area contributed by atoms with Gasteiger partial charge in [-0.05, 0) is 38.1 Å². The molecule has 0 aliphatic carbocycles. The van der Waals surface area contributed by atoms with Crippen molar-refractivity contribution in [1.82, 2.24) is 5.32 Å². The highest BCUT2D eigenvalue weighted by molar-refractivity contribution is 5.37. The number of hydrogen-bond donors (Lipinski definition) is 1. The van der Waals surface area contributed by atoms with Gasteiger partial charge in [0.1, 0.15) is 12.4 Å². The zero-order valence-corrected chi connectivity index (χ0v) is 9.76. The van der Waals surface area contributed by atoms with Gasteiger partial charge >= 0.3 is 0 Å². The van der Waals surface area contributed by atoms with Gasteiger partial charge in [0.05, 0.1) is 0 Å². The molecular weight excluding hydrogens is 212 g/mol. The first-order chi connectivity index (χ1) is 7.54. The summed E-state index contributed by atoms with van der Waals surface area (Å²) in [7, 11) is 1.88. The van der Waals surface area contributed by atoms with E-state index in [1.165, 1.54) is 0 Å². The van der Waals surface area contributed by atoms with E-state index in [1.807, 2.05) is 33.0 Å². The Hall–Kier alpha value is -1.16. The van der Waals surface area contributed by atoms with Gasteiger partial charge in [-0.2, -0.15) is 0 Å². The van der Waals surface area contributed by atoms with E-state index in [9.17, 15) is 8.78 Å². The Morgan fingerprint density at radius 3 is 2.56 bits per heavy atom. The molecule has 90 valence electrons. The van der Waals surface area contributed by atoms with E-state index < -0.39 is 13.0 Å². The number of rotatable bonds is 5. The fraction of sp³-hybridized carbons (Fsp3) is 0.500. The van der Waals surface area contributed by atoms with Crippen molar-refractivity contribution in [2.24, 2.45) is 0 Å². The Morgan fingerprint density at radius 1 is 1.38 bits per heavy atom. The molecule has 1 rings (SSSR count). The Kier molecular flexibility index (Phi) is 4.68. The van der Waals surface area contributed by atoms with Crippen molar-refractivity contribution >= 4 is 0 Å². The van der Waals surface area contributed by atoms with Crippen LogP contribution in [0.4, 0.5) is 8.78 Å². The molecule has 0 radical (unpaired) electrons. The molecule has 2 nitrogen and oxygen atoms in total.